The van der Waals surface area contributed by atoms with Crippen LogP contribution >= 0.6 is 0 Å². The molecule has 1 aliphatic heterocycles. The van der Waals surface area contributed by atoms with Gasteiger partial charge in [-0.05, 0) is 26.2 Å². The third-order valence-electron chi connectivity index (χ3n) is 3.38. The Morgan fingerprint density at radius 1 is 1.47 bits per heavy atom. The summed E-state index contributed by atoms with van der Waals surface area (Å²) in [4.78, 5) is 25.2. The van der Waals surface area contributed by atoms with Gasteiger partial charge in [0.1, 0.15) is 0 Å². The fraction of sp³-hybridized carbons (Fsp3) is 0.833. The predicted molar refractivity (Wildman–Crippen MR) is 64.5 cm³/mol. The molecule has 0 aromatic heterocycles. The SMILES string of the molecule is CC(C)NC(=O)N[C@@H]1CC(=O)N([C@H]2C[C@H]2C)C1. The van der Waals surface area contributed by atoms with Gasteiger partial charge in [0.05, 0.1) is 6.04 Å². The molecule has 5 nitrogen and oxygen atoms in total. The minimum atomic E-state index is -0.177. The highest BCUT2D eigenvalue weighted by Gasteiger charge is 2.44. The van der Waals surface area contributed by atoms with Crippen LogP contribution in [0, 0.1) is 5.92 Å². The first-order valence-electron chi connectivity index (χ1n) is 6.34. The summed E-state index contributed by atoms with van der Waals surface area (Å²) >= 11 is 0. The lowest BCUT2D eigenvalue weighted by molar-refractivity contribution is -0.128. The molecule has 0 aromatic rings. The summed E-state index contributed by atoms with van der Waals surface area (Å²) in [6.07, 6.45) is 1.55. The van der Waals surface area contributed by atoms with Gasteiger partial charge in [0.25, 0.3) is 0 Å². The number of nitrogens with one attached hydrogen (secondary N) is 2. The molecule has 5 heteroatoms. The zero-order valence-electron chi connectivity index (χ0n) is 10.7. The molecule has 1 heterocycles. The van der Waals surface area contributed by atoms with Crippen LogP contribution in [0.25, 0.3) is 0 Å². The zero-order chi connectivity index (χ0) is 12.6. The molecule has 3 amide bonds. The Kier molecular flexibility index (Phi) is 3.26. The molecular formula is C12H21N3O2. The highest BCUT2D eigenvalue weighted by atomic mass is 16.2. The van der Waals surface area contributed by atoms with Crippen LogP contribution in [0.4, 0.5) is 4.79 Å². The summed E-state index contributed by atoms with van der Waals surface area (Å²) in [5.41, 5.74) is 0. The Morgan fingerprint density at radius 2 is 2.12 bits per heavy atom. The average molecular weight is 239 g/mol. The summed E-state index contributed by atoms with van der Waals surface area (Å²) in [5.74, 6) is 0.802. The van der Waals surface area contributed by atoms with Gasteiger partial charge in [-0.3, -0.25) is 4.79 Å². The third kappa shape index (κ3) is 2.90. The first-order valence-corrected chi connectivity index (χ1v) is 6.34. The summed E-state index contributed by atoms with van der Waals surface area (Å²) in [7, 11) is 0. The Balaban J connectivity index is 1.80. The van der Waals surface area contributed by atoms with E-state index < -0.39 is 0 Å². The lowest BCUT2D eigenvalue weighted by Gasteiger charge is -2.17. The van der Waals surface area contributed by atoms with Crippen molar-refractivity contribution in [1.29, 1.82) is 0 Å². The maximum absolute atomic E-state index is 11.8. The second-order valence-corrected chi connectivity index (χ2v) is 5.50. The Hall–Kier alpha value is -1.26. The van der Waals surface area contributed by atoms with E-state index in [9.17, 15) is 9.59 Å². The minimum Gasteiger partial charge on any atom is -0.337 e. The summed E-state index contributed by atoms with van der Waals surface area (Å²) in [5, 5.41) is 5.63. The van der Waals surface area contributed by atoms with Crippen LogP contribution in [0.1, 0.15) is 33.6 Å². The van der Waals surface area contributed by atoms with E-state index in [1.165, 1.54) is 0 Å². The largest absolute Gasteiger partial charge is 0.337 e. The van der Waals surface area contributed by atoms with Crippen LogP contribution < -0.4 is 10.6 Å². The second-order valence-electron chi connectivity index (χ2n) is 5.50. The van der Waals surface area contributed by atoms with Crippen LogP contribution in [0.15, 0.2) is 0 Å². The van der Waals surface area contributed by atoms with Gasteiger partial charge in [-0.1, -0.05) is 6.92 Å². The van der Waals surface area contributed by atoms with Crippen molar-refractivity contribution < 1.29 is 9.59 Å². The Morgan fingerprint density at radius 3 is 2.65 bits per heavy atom. The third-order valence-corrected chi connectivity index (χ3v) is 3.38. The molecule has 1 saturated heterocycles. The standard InChI is InChI=1S/C12H21N3O2/c1-7(2)13-12(17)14-9-5-11(16)15(6-9)10-4-8(10)3/h7-10H,4-6H2,1-3H3,(H2,13,14,17)/t8-,9-,10+/m1/s1. The van der Waals surface area contributed by atoms with Crippen molar-refractivity contribution in [2.75, 3.05) is 6.54 Å². The molecule has 1 aliphatic carbocycles. The van der Waals surface area contributed by atoms with Crippen molar-refractivity contribution in [3.8, 4) is 0 Å². The molecule has 2 fully saturated rings. The number of hydrogen-bond donors (Lipinski definition) is 2. The summed E-state index contributed by atoms with van der Waals surface area (Å²) in [6.45, 7) is 6.65. The predicted octanol–water partition coefficient (Wildman–Crippen LogP) is 0.703. The van der Waals surface area contributed by atoms with Gasteiger partial charge in [-0.25, -0.2) is 4.79 Å². The second kappa shape index (κ2) is 4.55. The van der Waals surface area contributed by atoms with Crippen molar-refractivity contribution >= 4 is 11.9 Å². The van der Waals surface area contributed by atoms with Gasteiger partial charge in [-0.2, -0.15) is 0 Å². The zero-order valence-corrected chi connectivity index (χ0v) is 10.7. The van der Waals surface area contributed by atoms with Crippen LogP contribution in [-0.2, 0) is 4.79 Å². The molecule has 0 bridgehead atoms. The van der Waals surface area contributed by atoms with E-state index in [2.05, 4.69) is 17.6 Å². The van der Waals surface area contributed by atoms with Crippen LogP contribution in [0.2, 0.25) is 0 Å². The molecule has 0 aromatic carbocycles. The van der Waals surface area contributed by atoms with Crippen LogP contribution in [0.5, 0.6) is 0 Å². The lowest BCUT2D eigenvalue weighted by atomic mass is 10.2. The lowest BCUT2D eigenvalue weighted by Crippen LogP contribution is -2.45. The molecule has 0 radical (unpaired) electrons. The van der Waals surface area contributed by atoms with E-state index >= 15 is 0 Å². The average Bonchev–Trinajstić information content (AvgIpc) is 2.78. The first-order chi connectivity index (χ1) is 7.97. The monoisotopic (exact) mass is 239 g/mol. The van der Waals surface area contributed by atoms with Gasteiger partial charge in [0, 0.05) is 25.0 Å². The molecule has 17 heavy (non-hydrogen) atoms. The molecule has 0 unspecified atom stereocenters. The smallest absolute Gasteiger partial charge is 0.315 e. The summed E-state index contributed by atoms with van der Waals surface area (Å²) in [6, 6.07) is 0.326. The van der Waals surface area contributed by atoms with Gasteiger partial charge >= 0.3 is 6.03 Å². The molecule has 2 rings (SSSR count). The molecule has 1 saturated carbocycles. The Bertz CT molecular complexity index is 330. The van der Waals surface area contributed by atoms with Gasteiger partial charge in [0.15, 0.2) is 0 Å². The molecule has 3 atom stereocenters. The quantitative estimate of drug-likeness (QED) is 0.761. The number of nitrogens with zero attached hydrogens (tertiary/aromatic N) is 1. The van der Waals surface area contributed by atoms with Gasteiger partial charge < -0.3 is 15.5 Å². The number of hydrogen-bond acceptors (Lipinski definition) is 2. The highest BCUT2D eigenvalue weighted by Crippen LogP contribution is 2.37. The van der Waals surface area contributed by atoms with Crippen molar-refractivity contribution in [2.45, 2.75) is 51.7 Å². The van der Waals surface area contributed by atoms with Crippen LogP contribution in [-0.4, -0.2) is 41.5 Å². The molecule has 2 N–H and O–H groups in total. The van der Waals surface area contributed by atoms with Crippen molar-refractivity contribution in [3.63, 3.8) is 0 Å². The van der Waals surface area contributed by atoms with Crippen molar-refractivity contribution in [1.82, 2.24) is 15.5 Å². The van der Waals surface area contributed by atoms with E-state index in [4.69, 9.17) is 0 Å². The molecule has 2 aliphatic rings. The number of carbonyl (C=O) groups is 2. The number of amides is 3. The number of carbonyl (C=O) groups excluding carboxylic acids is 2. The van der Waals surface area contributed by atoms with Crippen molar-refractivity contribution in [2.24, 2.45) is 5.92 Å². The summed E-state index contributed by atoms with van der Waals surface area (Å²) < 4.78 is 0. The number of likely N-dealkylation sites (tertiary alicyclic amines) is 1. The maximum Gasteiger partial charge on any atom is 0.315 e. The Labute approximate surface area is 102 Å². The highest BCUT2D eigenvalue weighted by molar-refractivity contribution is 5.82. The van der Waals surface area contributed by atoms with Gasteiger partial charge in [-0.15, -0.1) is 0 Å². The minimum absolute atomic E-state index is 0.0333. The fourth-order valence-electron chi connectivity index (χ4n) is 2.37. The molecule has 0 spiro atoms. The molecular weight excluding hydrogens is 218 g/mol. The van der Waals surface area contributed by atoms with Crippen molar-refractivity contribution in [3.05, 3.63) is 0 Å². The van der Waals surface area contributed by atoms with E-state index in [0.717, 1.165) is 6.42 Å². The molecule has 96 valence electrons. The number of urea groups is 1. The maximum atomic E-state index is 11.8. The van der Waals surface area contributed by atoms with E-state index in [-0.39, 0.29) is 24.0 Å². The topological polar surface area (TPSA) is 61.4 Å². The van der Waals surface area contributed by atoms with E-state index in [0.29, 0.717) is 24.9 Å². The van der Waals surface area contributed by atoms with Crippen LogP contribution in [0.3, 0.4) is 0 Å². The van der Waals surface area contributed by atoms with E-state index in [1.807, 2.05) is 18.7 Å². The van der Waals surface area contributed by atoms with Gasteiger partial charge in [0.2, 0.25) is 5.91 Å². The normalized spacial score (nSPS) is 31.9. The van der Waals surface area contributed by atoms with E-state index in [1.54, 1.807) is 0 Å². The first kappa shape index (κ1) is 12.2. The fourth-order valence-corrected chi connectivity index (χ4v) is 2.37. The number of rotatable bonds is 3.